The Morgan fingerprint density at radius 1 is 1.65 bits per heavy atom. The Kier molecular flexibility index (Phi) is 2.64. The quantitative estimate of drug-likeness (QED) is 0.750. The second-order valence-corrected chi connectivity index (χ2v) is 3.69. The first kappa shape index (κ1) is 11.3. The van der Waals surface area contributed by atoms with Crippen molar-refractivity contribution >= 4 is 5.97 Å². The second kappa shape index (κ2) is 3.99. The lowest BCUT2D eigenvalue weighted by atomic mass is 9.81. The Hall–Kier alpha value is -2.21. The lowest BCUT2D eigenvalue weighted by Gasteiger charge is -2.29. The minimum absolute atomic E-state index is 0.158. The minimum atomic E-state index is -1.24. The van der Waals surface area contributed by atoms with E-state index >= 15 is 0 Å². The topological polar surface area (TPSA) is 102 Å². The molecular weight excluding hydrogens is 222 g/mol. The fourth-order valence-corrected chi connectivity index (χ4v) is 1.61. The van der Waals surface area contributed by atoms with Gasteiger partial charge in [0.25, 0.3) is 5.82 Å². The van der Waals surface area contributed by atoms with Gasteiger partial charge in [-0.25, -0.2) is 4.79 Å². The monoisotopic (exact) mass is 233 g/mol. The third-order valence-electron chi connectivity index (χ3n) is 2.59. The number of carboxylic acids is 1. The number of aromatic carboxylic acids is 1. The van der Waals surface area contributed by atoms with E-state index in [1.807, 2.05) is 0 Å². The van der Waals surface area contributed by atoms with Crippen molar-refractivity contribution in [3.05, 3.63) is 48.7 Å². The van der Waals surface area contributed by atoms with Crippen LogP contribution in [-0.4, -0.2) is 26.8 Å². The fourth-order valence-electron chi connectivity index (χ4n) is 1.61. The predicted octanol–water partition coefficient (Wildman–Crippen LogP) is 0.861. The maximum absolute atomic E-state index is 10.7. The van der Waals surface area contributed by atoms with Crippen LogP contribution < -0.4 is 5.73 Å². The molecule has 17 heavy (non-hydrogen) atoms. The average molecular weight is 233 g/mol. The van der Waals surface area contributed by atoms with E-state index in [4.69, 9.17) is 15.4 Å². The lowest BCUT2D eigenvalue weighted by Crippen LogP contribution is -2.42. The predicted molar refractivity (Wildman–Crippen MR) is 59.4 cm³/mol. The normalized spacial score (nSPS) is 27.0. The molecule has 0 aromatic carbocycles. The fraction of sp³-hybridized carbons (Fsp3) is 0.182. The SMILES string of the molecule is C=C[C@@]1(N)C=CC=CC1c1nc(C(=O)O)no1. The second-order valence-electron chi connectivity index (χ2n) is 3.69. The molecule has 1 aliphatic carbocycles. The van der Waals surface area contributed by atoms with Gasteiger partial charge in [0.1, 0.15) is 0 Å². The van der Waals surface area contributed by atoms with Crippen LogP contribution in [0, 0.1) is 0 Å². The van der Waals surface area contributed by atoms with Crippen LogP contribution in [0.25, 0.3) is 0 Å². The molecule has 1 aromatic rings. The molecule has 0 saturated carbocycles. The van der Waals surface area contributed by atoms with Crippen LogP contribution in [0.15, 0.2) is 41.5 Å². The van der Waals surface area contributed by atoms with Crippen molar-refractivity contribution in [3.8, 4) is 0 Å². The molecule has 6 nitrogen and oxygen atoms in total. The number of aromatic nitrogens is 2. The zero-order chi connectivity index (χ0) is 12.5. The van der Waals surface area contributed by atoms with Crippen molar-refractivity contribution in [2.24, 2.45) is 5.73 Å². The molecular formula is C11H11N3O3. The molecule has 1 aliphatic rings. The first-order valence-corrected chi connectivity index (χ1v) is 4.92. The van der Waals surface area contributed by atoms with E-state index in [-0.39, 0.29) is 11.7 Å². The Morgan fingerprint density at radius 2 is 2.41 bits per heavy atom. The van der Waals surface area contributed by atoms with Crippen LogP contribution in [-0.2, 0) is 0 Å². The first-order valence-electron chi connectivity index (χ1n) is 4.92. The number of rotatable bonds is 3. The third-order valence-corrected chi connectivity index (χ3v) is 2.59. The number of hydrogen-bond acceptors (Lipinski definition) is 5. The van der Waals surface area contributed by atoms with Gasteiger partial charge in [0.15, 0.2) is 0 Å². The number of carboxylic acid groups (broad SMARTS) is 1. The van der Waals surface area contributed by atoms with Crippen LogP contribution >= 0.6 is 0 Å². The van der Waals surface area contributed by atoms with Gasteiger partial charge in [0, 0.05) is 0 Å². The molecule has 6 heteroatoms. The zero-order valence-electron chi connectivity index (χ0n) is 8.91. The highest BCUT2D eigenvalue weighted by Crippen LogP contribution is 2.31. The Labute approximate surface area is 97.1 Å². The standard InChI is InChI=1S/C11H11N3O3/c1-2-11(12)6-4-3-5-7(11)9-13-8(10(15)16)14-17-9/h2-7H,1,12H2,(H,15,16)/t7?,11-/m1/s1. The Bertz CT molecular complexity index is 518. The summed E-state index contributed by atoms with van der Waals surface area (Å²) in [6.07, 6.45) is 8.63. The van der Waals surface area contributed by atoms with E-state index < -0.39 is 17.4 Å². The summed E-state index contributed by atoms with van der Waals surface area (Å²) in [6.45, 7) is 3.66. The largest absolute Gasteiger partial charge is 0.475 e. The van der Waals surface area contributed by atoms with E-state index in [1.165, 1.54) is 0 Å². The van der Waals surface area contributed by atoms with Crippen molar-refractivity contribution in [1.82, 2.24) is 10.1 Å². The van der Waals surface area contributed by atoms with Crippen LogP contribution in [0.1, 0.15) is 22.4 Å². The van der Waals surface area contributed by atoms with Crippen molar-refractivity contribution in [3.63, 3.8) is 0 Å². The maximum atomic E-state index is 10.7. The van der Waals surface area contributed by atoms with Gasteiger partial charge in [-0.15, -0.1) is 6.58 Å². The summed E-state index contributed by atoms with van der Waals surface area (Å²) >= 11 is 0. The van der Waals surface area contributed by atoms with Crippen LogP contribution in [0.4, 0.5) is 0 Å². The molecule has 0 radical (unpaired) electrons. The van der Waals surface area contributed by atoms with Crippen molar-refractivity contribution in [1.29, 1.82) is 0 Å². The van der Waals surface area contributed by atoms with Gasteiger partial charge in [-0.3, -0.25) is 0 Å². The molecule has 0 bridgehead atoms. The molecule has 0 aliphatic heterocycles. The number of nitrogens with two attached hydrogens (primary N) is 1. The molecule has 0 saturated heterocycles. The minimum Gasteiger partial charge on any atom is -0.475 e. The number of nitrogens with zero attached hydrogens (tertiary/aromatic N) is 2. The molecule has 1 heterocycles. The molecule has 3 N–H and O–H groups in total. The van der Waals surface area contributed by atoms with Gasteiger partial charge in [0.05, 0.1) is 11.5 Å². The molecule has 1 aromatic heterocycles. The highest BCUT2D eigenvalue weighted by atomic mass is 16.5. The number of hydrogen-bond donors (Lipinski definition) is 2. The van der Waals surface area contributed by atoms with E-state index in [0.29, 0.717) is 0 Å². The summed E-state index contributed by atoms with van der Waals surface area (Å²) in [5, 5.41) is 12.1. The molecule has 0 spiro atoms. The summed E-state index contributed by atoms with van der Waals surface area (Å²) < 4.78 is 4.91. The molecule has 0 amide bonds. The Balaban J connectivity index is 2.38. The van der Waals surface area contributed by atoms with Crippen molar-refractivity contribution < 1.29 is 14.4 Å². The summed E-state index contributed by atoms with van der Waals surface area (Å²) in [5.74, 6) is -1.87. The van der Waals surface area contributed by atoms with Gasteiger partial charge < -0.3 is 15.4 Å². The third kappa shape index (κ3) is 1.90. The molecule has 88 valence electrons. The van der Waals surface area contributed by atoms with E-state index in [2.05, 4.69) is 16.7 Å². The summed E-state index contributed by atoms with van der Waals surface area (Å²) in [6, 6.07) is 0. The van der Waals surface area contributed by atoms with Gasteiger partial charge in [0.2, 0.25) is 5.89 Å². The lowest BCUT2D eigenvalue weighted by molar-refractivity contribution is 0.0680. The number of carbonyl (C=O) groups is 1. The highest BCUT2D eigenvalue weighted by molar-refractivity contribution is 5.82. The van der Waals surface area contributed by atoms with Gasteiger partial charge in [-0.1, -0.05) is 30.4 Å². The summed E-state index contributed by atoms with van der Waals surface area (Å²) in [7, 11) is 0. The maximum Gasteiger partial charge on any atom is 0.377 e. The Morgan fingerprint density at radius 3 is 3.00 bits per heavy atom. The smallest absolute Gasteiger partial charge is 0.377 e. The first-order chi connectivity index (χ1) is 8.07. The van der Waals surface area contributed by atoms with Crippen LogP contribution in [0.3, 0.4) is 0 Å². The van der Waals surface area contributed by atoms with Gasteiger partial charge >= 0.3 is 5.97 Å². The number of allylic oxidation sites excluding steroid dienone is 2. The molecule has 2 rings (SSSR count). The molecule has 1 unspecified atom stereocenters. The van der Waals surface area contributed by atoms with Crippen LogP contribution in [0.2, 0.25) is 0 Å². The summed E-state index contributed by atoms with van der Waals surface area (Å²) in [4.78, 5) is 14.4. The summed E-state index contributed by atoms with van der Waals surface area (Å²) in [5.41, 5.74) is 5.24. The van der Waals surface area contributed by atoms with Gasteiger partial charge in [-0.05, 0) is 5.16 Å². The highest BCUT2D eigenvalue weighted by Gasteiger charge is 2.35. The van der Waals surface area contributed by atoms with Crippen molar-refractivity contribution in [2.45, 2.75) is 11.5 Å². The van der Waals surface area contributed by atoms with Crippen molar-refractivity contribution in [2.75, 3.05) is 0 Å². The molecule has 0 fully saturated rings. The average Bonchev–Trinajstić information content (AvgIpc) is 2.79. The van der Waals surface area contributed by atoms with Gasteiger partial charge in [-0.2, -0.15) is 4.98 Å². The zero-order valence-corrected chi connectivity index (χ0v) is 8.91. The molecule has 2 atom stereocenters. The van der Waals surface area contributed by atoms with E-state index in [9.17, 15) is 4.79 Å². The van der Waals surface area contributed by atoms with Crippen LogP contribution in [0.5, 0.6) is 0 Å². The van der Waals surface area contributed by atoms with E-state index in [1.54, 1.807) is 30.4 Å². The van der Waals surface area contributed by atoms with E-state index in [0.717, 1.165) is 0 Å².